The Hall–Kier alpha value is -0.710. The zero-order valence-electron chi connectivity index (χ0n) is 11.5. The number of ether oxygens (including phenoxy) is 1. The molecule has 1 fully saturated rings. The van der Waals surface area contributed by atoms with E-state index in [-0.39, 0.29) is 0 Å². The first kappa shape index (κ1) is 18.6. The van der Waals surface area contributed by atoms with E-state index in [1.165, 1.54) is 20.0 Å². The third kappa shape index (κ3) is 9.03. The van der Waals surface area contributed by atoms with Crippen molar-refractivity contribution in [1.29, 1.82) is 0 Å². The maximum absolute atomic E-state index is 12.4. The Labute approximate surface area is 103 Å². The molecule has 0 saturated carbocycles. The Morgan fingerprint density at radius 3 is 2.06 bits per heavy atom. The number of hydrogen-bond acceptors (Lipinski definition) is 3. The molecule has 0 aromatic rings. The summed E-state index contributed by atoms with van der Waals surface area (Å²) in [6.45, 7) is 7.92. The number of methoxy groups -OCH3 is 1. The van der Waals surface area contributed by atoms with E-state index in [2.05, 4.69) is 23.9 Å². The zero-order chi connectivity index (χ0) is 13.9. The third-order valence-corrected chi connectivity index (χ3v) is 2.10. The van der Waals surface area contributed by atoms with E-state index in [4.69, 9.17) is 0 Å². The fraction of sp³-hybridized carbons (Fsp3) is 0.917. The maximum atomic E-state index is 12.4. The molecule has 1 rings (SSSR count). The second-order valence-electron chi connectivity index (χ2n) is 3.52. The van der Waals surface area contributed by atoms with E-state index < -0.39 is 30.9 Å². The van der Waals surface area contributed by atoms with E-state index in [0.29, 0.717) is 0 Å². The summed E-state index contributed by atoms with van der Waals surface area (Å²) in [5.74, 6) is -3.39. The molecule has 1 heterocycles. The molecule has 0 aliphatic carbocycles. The second-order valence-corrected chi connectivity index (χ2v) is 3.52. The highest BCUT2D eigenvalue weighted by Gasteiger charge is 2.42. The molecule has 5 heteroatoms. The number of carbonyl (C=O) groups excluding carboxylic acids is 1. The number of nitrogens with one attached hydrogen (secondary N) is 1. The monoisotopic (exact) mass is 253 g/mol. The number of hydrogen-bond donors (Lipinski definition) is 1. The van der Waals surface area contributed by atoms with Gasteiger partial charge in [0.15, 0.2) is 0 Å². The molecule has 17 heavy (non-hydrogen) atoms. The van der Waals surface area contributed by atoms with Crippen molar-refractivity contribution < 1.29 is 18.3 Å². The molecular formula is C12H25F2NO2. The van der Waals surface area contributed by atoms with Gasteiger partial charge in [0.1, 0.15) is 6.04 Å². The first-order valence-corrected chi connectivity index (χ1v) is 6.15. The van der Waals surface area contributed by atoms with E-state index in [1.807, 2.05) is 13.8 Å². The zero-order valence-corrected chi connectivity index (χ0v) is 11.5. The lowest BCUT2D eigenvalue weighted by molar-refractivity contribution is -0.143. The number of rotatable bonds is 2. The molecule has 3 nitrogen and oxygen atoms in total. The standard InChI is InChI=1S/C6H9F2NO2.C4H10.C2H6/c1-11-5(10)4-2-6(7,8)3-9-4;1-3-4-2;1-2/h4,9H,2-3H2,1H3;3-4H2,1-2H3;1-2H3. The van der Waals surface area contributed by atoms with E-state index >= 15 is 0 Å². The summed E-state index contributed by atoms with van der Waals surface area (Å²) in [5, 5.41) is 2.37. The number of unbranched alkanes of at least 4 members (excludes halogenated alkanes) is 1. The van der Waals surface area contributed by atoms with Gasteiger partial charge in [0.2, 0.25) is 0 Å². The Bertz CT molecular complexity index is 197. The summed E-state index contributed by atoms with van der Waals surface area (Å²) in [5.41, 5.74) is 0. The van der Waals surface area contributed by atoms with Crippen molar-refractivity contribution in [3.8, 4) is 0 Å². The summed E-state index contributed by atoms with van der Waals surface area (Å²) in [4.78, 5) is 10.7. The van der Waals surface area contributed by atoms with Crippen LogP contribution >= 0.6 is 0 Å². The summed E-state index contributed by atoms with van der Waals surface area (Å²) in [6.07, 6.45) is 2.18. The number of esters is 1. The molecule has 1 atom stereocenters. The predicted octanol–water partition coefficient (Wildman–Crippen LogP) is 2.99. The van der Waals surface area contributed by atoms with Gasteiger partial charge in [-0.2, -0.15) is 0 Å². The average Bonchev–Trinajstić information content (AvgIpc) is 2.71. The van der Waals surface area contributed by atoms with Crippen molar-refractivity contribution in [2.24, 2.45) is 0 Å². The minimum atomic E-state index is -2.77. The highest BCUT2D eigenvalue weighted by atomic mass is 19.3. The van der Waals surface area contributed by atoms with Gasteiger partial charge in [-0.25, -0.2) is 8.78 Å². The number of carbonyl (C=O) groups is 1. The molecule has 104 valence electrons. The van der Waals surface area contributed by atoms with Crippen LogP contribution in [0, 0.1) is 0 Å². The van der Waals surface area contributed by atoms with Gasteiger partial charge in [0.25, 0.3) is 5.92 Å². The Morgan fingerprint density at radius 1 is 1.35 bits per heavy atom. The van der Waals surface area contributed by atoms with E-state index in [0.717, 1.165) is 0 Å². The van der Waals surface area contributed by atoms with Crippen LogP contribution in [-0.4, -0.2) is 31.6 Å². The summed E-state index contributed by atoms with van der Waals surface area (Å²) in [6, 6.07) is -0.838. The smallest absolute Gasteiger partial charge is 0.323 e. The van der Waals surface area contributed by atoms with Crippen molar-refractivity contribution in [1.82, 2.24) is 5.32 Å². The normalized spacial score (nSPS) is 20.5. The highest BCUT2D eigenvalue weighted by molar-refractivity contribution is 5.76. The molecule has 1 unspecified atom stereocenters. The molecule has 0 radical (unpaired) electrons. The Kier molecular flexibility index (Phi) is 11.5. The molecule has 1 aliphatic heterocycles. The van der Waals surface area contributed by atoms with E-state index in [9.17, 15) is 13.6 Å². The van der Waals surface area contributed by atoms with Gasteiger partial charge in [-0.1, -0.05) is 40.5 Å². The van der Waals surface area contributed by atoms with Crippen LogP contribution in [0.25, 0.3) is 0 Å². The van der Waals surface area contributed by atoms with Crippen molar-refractivity contribution in [3.63, 3.8) is 0 Å². The van der Waals surface area contributed by atoms with Gasteiger partial charge in [-0.15, -0.1) is 0 Å². The van der Waals surface area contributed by atoms with Crippen molar-refractivity contribution in [2.45, 2.75) is 58.9 Å². The summed E-state index contributed by atoms with van der Waals surface area (Å²) < 4.78 is 29.1. The molecule has 0 aromatic carbocycles. The quantitative estimate of drug-likeness (QED) is 0.769. The highest BCUT2D eigenvalue weighted by Crippen LogP contribution is 2.25. The van der Waals surface area contributed by atoms with Gasteiger partial charge in [-0.3, -0.25) is 10.1 Å². The van der Waals surface area contributed by atoms with E-state index in [1.54, 1.807) is 0 Å². The molecule has 0 aromatic heterocycles. The van der Waals surface area contributed by atoms with Crippen LogP contribution in [-0.2, 0) is 9.53 Å². The third-order valence-electron chi connectivity index (χ3n) is 2.10. The van der Waals surface area contributed by atoms with Crippen LogP contribution in [0.5, 0.6) is 0 Å². The van der Waals surface area contributed by atoms with Crippen molar-refractivity contribution in [3.05, 3.63) is 0 Å². The minimum Gasteiger partial charge on any atom is -0.468 e. The van der Waals surface area contributed by atoms with Crippen LogP contribution < -0.4 is 5.32 Å². The number of halogens is 2. The fourth-order valence-corrected chi connectivity index (χ4v) is 1.02. The lowest BCUT2D eigenvalue weighted by Gasteiger charge is -2.06. The van der Waals surface area contributed by atoms with Crippen molar-refractivity contribution in [2.75, 3.05) is 13.7 Å². The topological polar surface area (TPSA) is 38.3 Å². The van der Waals surface area contributed by atoms with Crippen LogP contribution in [0.3, 0.4) is 0 Å². The molecule has 0 bridgehead atoms. The van der Waals surface area contributed by atoms with Crippen LogP contribution in [0.15, 0.2) is 0 Å². The van der Waals surface area contributed by atoms with Crippen LogP contribution in [0.2, 0.25) is 0 Å². The number of alkyl halides is 2. The van der Waals surface area contributed by atoms with Gasteiger partial charge in [0, 0.05) is 6.42 Å². The Morgan fingerprint density at radius 2 is 1.82 bits per heavy atom. The molecule has 1 saturated heterocycles. The molecular weight excluding hydrogens is 228 g/mol. The minimum absolute atomic E-state index is 0.438. The summed E-state index contributed by atoms with van der Waals surface area (Å²) >= 11 is 0. The second kappa shape index (κ2) is 10.4. The van der Waals surface area contributed by atoms with Crippen molar-refractivity contribution >= 4 is 5.97 Å². The van der Waals surface area contributed by atoms with Crippen LogP contribution in [0.4, 0.5) is 8.78 Å². The lowest BCUT2D eigenvalue weighted by atomic mass is 10.2. The molecule has 1 N–H and O–H groups in total. The fourth-order valence-electron chi connectivity index (χ4n) is 1.02. The molecule has 1 aliphatic rings. The Balaban J connectivity index is 0. The van der Waals surface area contributed by atoms with Gasteiger partial charge < -0.3 is 4.74 Å². The molecule has 0 spiro atoms. The summed E-state index contributed by atoms with van der Waals surface area (Å²) in [7, 11) is 1.18. The van der Waals surface area contributed by atoms with Gasteiger partial charge in [-0.05, 0) is 0 Å². The SMILES string of the molecule is CC.CCCC.COC(=O)C1CC(F)(F)CN1. The average molecular weight is 253 g/mol. The first-order chi connectivity index (χ1) is 7.96. The lowest BCUT2D eigenvalue weighted by Crippen LogP contribution is -2.31. The largest absolute Gasteiger partial charge is 0.468 e. The first-order valence-electron chi connectivity index (χ1n) is 6.15. The maximum Gasteiger partial charge on any atom is 0.323 e. The molecule has 0 amide bonds. The van der Waals surface area contributed by atoms with Gasteiger partial charge >= 0.3 is 5.97 Å². The van der Waals surface area contributed by atoms with Gasteiger partial charge in [0.05, 0.1) is 13.7 Å². The van der Waals surface area contributed by atoms with Crippen LogP contribution in [0.1, 0.15) is 47.0 Å². The predicted molar refractivity (Wildman–Crippen MR) is 65.3 cm³/mol.